The summed E-state index contributed by atoms with van der Waals surface area (Å²) >= 11 is 0. The van der Waals surface area contributed by atoms with Gasteiger partial charge in [-0.1, -0.05) is 6.07 Å². The van der Waals surface area contributed by atoms with Crippen molar-refractivity contribution in [1.29, 1.82) is 0 Å². The molecule has 5 heteroatoms. The monoisotopic (exact) mass is 282 g/mol. The molecule has 0 radical (unpaired) electrons. The lowest BCUT2D eigenvalue weighted by Gasteiger charge is -2.48. The predicted octanol–water partition coefficient (Wildman–Crippen LogP) is 2.82. The minimum Gasteiger partial charge on any atom is -0.375 e. The Hall–Kier alpha value is -1.04. The summed E-state index contributed by atoms with van der Waals surface area (Å²) in [6.45, 7) is 0.686. The normalized spacial score (nSPS) is 26.2. The molecule has 2 fully saturated rings. The first-order valence-corrected chi connectivity index (χ1v) is 7.19. The van der Waals surface area contributed by atoms with Crippen molar-refractivity contribution in [3.05, 3.63) is 35.4 Å². The third kappa shape index (κ3) is 2.45. The standard InChI is InChI=1S/C15H20F2N2O/c16-11-2-3-12(13(17)8-11)14(19-18)10-4-7-20-15(9-10)5-1-6-15/h2-3,8,10,14,19H,1,4-7,9,18H2. The maximum absolute atomic E-state index is 14.0. The van der Waals surface area contributed by atoms with Gasteiger partial charge in [0.05, 0.1) is 11.6 Å². The average molecular weight is 282 g/mol. The summed E-state index contributed by atoms with van der Waals surface area (Å²) in [4.78, 5) is 0. The molecule has 3 nitrogen and oxygen atoms in total. The molecule has 1 saturated heterocycles. The summed E-state index contributed by atoms with van der Waals surface area (Å²) in [5.74, 6) is 4.75. The van der Waals surface area contributed by atoms with Gasteiger partial charge in [-0.15, -0.1) is 0 Å². The number of hydrogen-bond donors (Lipinski definition) is 2. The highest BCUT2D eigenvalue weighted by Crippen LogP contribution is 2.47. The molecule has 1 saturated carbocycles. The third-order valence-corrected chi connectivity index (χ3v) is 4.74. The second-order valence-electron chi connectivity index (χ2n) is 5.95. The van der Waals surface area contributed by atoms with E-state index in [1.807, 2.05) is 0 Å². The summed E-state index contributed by atoms with van der Waals surface area (Å²) in [5, 5.41) is 0. The zero-order chi connectivity index (χ0) is 14.2. The van der Waals surface area contributed by atoms with Crippen LogP contribution in [0.1, 0.15) is 43.7 Å². The van der Waals surface area contributed by atoms with Crippen molar-refractivity contribution in [2.45, 2.75) is 43.7 Å². The lowest BCUT2D eigenvalue weighted by atomic mass is 9.69. The van der Waals surface area contributed by atoms with Crippen molar-refractivity contribution in [2.24, 2.45) is 11.8 Å². The second kappa shape index (κ2) is 5.39. The molecule has 0 aromatic heterocycles. The molecule has 3 rings (SSSR count). The van der Waals surface area contributed by atoms with Gasteiger partial charge in [-0.05, 0) is 44.1 Å². The predicted molar refractivity (Wildman–Crippen MR) is 71.7 cm³/mol. The summed E-state index contributed by atoms with van der Waals surface area (Å²) in [6, 6.07) is 3.38. The van der Waals surface area contributed by atoms with E-state index in [0.29, 0.717) is 12.2 Å². The molecule has 1 heterocycles. The van der Waals surface area contributed by atoms with Gasteiger partial charge in [0.15, 0.2) is 0 Å². The van der Waals surface area contributed by atoms with Crippen molar-refractivity contribution >= 4 is 0 Å². The van der Waals surface area contributed by atoms with Crippen LogP contribution in [0.2, 0.25) is 0 Å². The van der Waals surface area contributed by atoms with Crippen molar-refractivity contribution in [1.82, 2.24) is 5.43 Å². The first-order chi connectivity index (χ1) is 9.63. The molecule has 0 bridgehead atoms. The SMILES string of the molecule is NNC(c1ccc(F)cc1F)C1CCOC2(CCC2)C1. The van der Waals surface area contributed by atoms with Crippen molar-refractivity contribution in [3.8, 4) is 0 Å². The molecule has 1 aromatic rings. The topological polar surface area (TPSA) is 47.3 Å². The molecule has 0 amide bonds. The van der Waals surface area contributed by atoms with Crippen LogP contribution in [0, 0.1) is 17.6 Å². The Balaban J connectivity index is 1.81. The fourth-order valence-corrected chi connectivity index (χ4v) is 3.50. The fraction of sp³-hybridized carbons (Fsp3) is 0.600. The summed E-state index contributed by atoms with van der Waals surface area (Å²) in [5.41, 5.74) is 3.14. The maximum atomic E-state index is 14.0. The van der Waals surface area contributed by atoms with E-state index >= 15 is 0 Å². The van der Waals surface area contributed by atoms with Crippen LogP contribution in [-0.2, 0) is 4.74 Å². The largest absolute Gasteiger partial charge is 0.375 e. The van der Waals surface area contributed by atoms with Crippen LogP contribution < -0.4 is 11.3 Å². The lowest BCUT2D eigenvalue weighted by molar-refractivity contribution is -0.147. The zero-order valence-electron chi connectivity index (χ0n) is 11.4. The van der Waals surface area contributed by atoms with E-state index in [2.05, 4.69) is 5.43 Å². The number of hydrogen-bond acceptors (Lipinski definition) is 3. The van der Waals surface area contributed by atoms with E-state index in [1.54, 1.807) is 0 Å². The smallest absolute Gasteiger partial charge is 0.130 e. The van der Waals surface area contributed by atoms with Gasteiger partial charge in [0.2, 0.25) is 0 Å². The Labute approximate surface area is 117 Å². The first-order valence-electron chi connectivity index (χ1n) is 7.19. The number of hydrazine groups is 1. The molecule has 2 unspecified atom stereocenters. The molecule has 20 heavy (non-hydrogen) atoms. The molecule has 3 N–H and O–H groups in total. The van der Waals surface area contributed by atoms with Gasteiger partial charge in [0, 0.05) is 18.2 Å². The highest BCUT2D eigenvalue weighted by Gasteiger charge is 2.44. The van der Waals surface area contributed by atoms with Gasteiger partial charge in [-0.3, -0.25) is 11.3 Å². The minimum atomic E-state index is -0.565. The van der Waals surface area contributed by atoms with Crippen LogP contribution in [0.25, 0.3) is 0 Å². The summed E-state index contributed by atoms with van der Waals surface area (Å²) in [6.07, 6.45) is 5.07. The van der Waals surface area contributed by atoms with E-state index in [0.717, 1.165) is 31.7 Å². The van der Waals surface area contributed by atoms with E-state index in [1.165, 1.54) is 18.6 Å². The fourth-order valence-electron chi connectivity index (χ4n) is 3.50. The van der Waals surface area contributed by atoms with Crippen LogP contribution in [0.5, 0.6) is 0 Å². The summed E-state index contributed by atoms with van der Waals surface area (Å²) < 4.78 is 32.9. The molecule has 2 aliphatic rings. The van der Waals surface area contributed by atoms with Crippen LogP contribution in [0.3, 0.4) is 0 Å². The number of nitrogens with one attached hydrogen (secondary N) is 1. The van der Waals surface area contributed by atoms with Gasteiger partial charge in [0.1, 0.15) is 11.6 Å². The number of nitrogens with two attached hydrogens (primary N) is 1. The van der Waals surface area contributed by atoms with Crippen LogP contribution >= 0.6 is 0 Å². The molecule has 110 valence electrons. The highest BCUT2D eigenvalue weighted by molar-refractivity contribution is 5.23. The average Bonchev–Trinajstić information content (AvgIpc) is 2.40. The second-order valence-corrected chi connectivity index (χ2v) is 5.95. The van der Waals surface area contributed by atoms with Gasteiger partial charge in [-0.2, -0.15) is 0 Å². The number of ether oxygens (including phenoxy) is 1. The lowest BCUT2D eigenvalue weighted by Crippen LogP contribution is -2.48. The Morgan fingerprint density at radius 3 is 2.75 bits per heavy atom. The van der Waals surface area contributed by atoms with E-state index < -0.39 is 11.6 Å². The van der Waals surface area contributed by atoms with Gasteiger partial charge in [0.25, 0.3) is 0 Å². The Kier molecular flexibility index (Phi) is 3.75. The van der Waals surface area contributed by atoms with Gasteiger partial charge >= 0.3 is 0 Å². The van der Waals surface area contributed by atoms with Crippen molar-refractivity contribution in [3.63, 3.8) is 0 Å². The van der Waals surface area contributed by atoms with Gasteiger partial charge in [-0.25, -0.2) is 8.78 Å². The molecule has 1 aromatic carbocycles. The molecule has 1 spiro atoms. The van der Waals surface area contributed by atoms with Gasteiger partial charge < -0.3 is 4.74 Å². The van der Waals surface area contributed by atoms with E-state index in [-0.39, 0.29) is 17.6 Å². The number of rotatable bonds is 3. The minimum absolute atomic E-state index is 0.0193. The Morgan fingerprint density at radius 2 is 2.15 bits per heavy atom. The van der Waals surface area contributed by atoms with Crippen molar-refractivity contribution < 1.29 is 13.5 Å². The first kappa shape index (κ1) is 13.9. The molecular weight excluding hydrogens is 262 g/mol. The quantitative estimate of drug-likeness (QED) is 0.662. The summed E-state index contributed by atoms with van der Waals surface area (Å²) in [7, 11) is 0. The Morgan fingerprint density at radius 1 is 1.35 bits per heavy atom. The van der Waals surface area contributed by atoms with Crippen molar-refractivity contribution in [2.75, 3.05) is 6.61 Å². The molecule has 1 aliphatic carbocycles. The van der Waals surface area contributed by atoms with Crippen LogP contribution in [-0.4, -0.2) is 12.2 Å². The van der Waals surface area contributed by atoms with E-state index in [4.69, 9.17) is 10.6 Å². The van der Waals surface area contributed by atoms with E-state index in [9.17, 15) is 8.78 Å². The third-order valence-electron chi connectivity index (χ3n) is 4.74. The van der Waals surface area contributed by atoms with Crippen LogP contribution in [0.15, 0.2) is 18.2 Å². The number of halogens is 2. The highest BCUT2D eigenvalue weighted by atomic mass is 19.1. The number of benzene rings is 1. The Bertz CT molecular complexity index is 491. The molecular formula is C15H20F2N2O. The van der Waals surface area contributed by atoms with Crippen LogP contribution in [0.4, 0.5) is 8.78 Å². The molecule has 2 atom stereocenters. The maximum Gasteiger partial charge on any atom is 0.130 e. The molecule has 1 aliphatic heterocycles. The zero-order valence-corrected chi connectivity index (χ0v) is 11.4.